The summed E-state index contributed by atoms with van der Waals surface area (Å²) in [5.74, 6) is 0. The number of nitro benzene ring substituents is 1. The number of rotatable bonds is 5. The minimum absolute atomic E-state index is 0.185. The Morgan fingerprint density at radius 1 is 0.958 bits per heavy atom. The number of benzene rings is 2. The van der Waals surface area contributed by atoms with Gasteiger partial charge in [0.05, 0.1) is 4.92 Å². The van der Waals surface area contributed by atoms with Gasteiger partial charge in [0.1, 0.15) is 39.3 Å². The number of hydrogen-bond acceptors (Lipinski definition) is 2. The number of quaternary nitrogens is 2. The predicted octanol–water partition coefficient (Wildman–Crippen LogP) is 0.841. The number of nitrogens with one attached hydrogen (secondary N) is 2. The fraction of sp³-hybridized carbons (Fsp3) is 0.333. The molecule has 0 amide bonds. The standard InChI is InChI=1S/C18H20BrN3O2/c19-18-7-2-1-5-16(18)14-21-10-8-20(9-11-21)13-15-4-3-6-17(12-15)22(23)24/h1-7,12H,8-11,13-14H2/p+2. The maximum Gasteiger partial charge on any atom is 0.269 e. The van der Waals surface area contributed by atoms with E-state index in [9.17, 15) is 10.1 Å². The molecule has 5 nitrogen and oxygen atoms in total. The molecule has 0 saturated carbocycles. The number of non-ortho nitro benzene ring substituents is 1. The summed E-state index contributed by atoms with van der Waals surface area (Å²) in [5, 5.41) is 10.9. The van der Waals surface area contributed by atoms with Crippen LogP contribution in [-0.2, 0) is 13.1 Å². The van der Waals surface area contributed by atoms with Gasteiger partial charge in [-0.1, -0.05) is 46.3 Å². The smallest absolute Gasteiger partial charge is 0.269 e. The van der Waals surface area contributed by atoms with E-state index in [1.165, 1.54) is 14.9 Å². The predicted molar refractivity (Wildman–Crippen MR) is 96.0 cm³/mol. The van der Waals surface area contributed by atoms with Crippen LogP contribution in [0.3, 0.4) is 0 Å². The van der Waals surface area contributed by atoms with E-state index in [0.717, 1.165) is 44.8 Å². The van der Waals surface area contributed by atoms with Gasteiger partial charge in [0.25, 0.3) is 5.69 Å². The molecule has 1 fully saturated rings. The molecule has 2 aromatic rings. The summed E-state index contributed by atoms with van der Waals surface area (Å²) in [4.78, 5) is 13.7. The first-order chi connectivity index (χ1) is 11.6. The molecule has 1 aliphatic heterocycles. The Bertz CT molecular complexity index is 715. The molecule has 3 rings (SSSR count). The third-order valence-corrected chi connectivity index (χ3v) is 5.41. The van der Waals surface area contributed by atoms with E-state index in [4.69, 9.17) is 0 Å². The molecule has 0 bridgehead atoms. The van der Waals surface area contributed by atoms with Crippen molar-refractivity contribution >= 4 is 21.6 Å². The highest BCUT2D eigenvalue weighted by atomic mass is 79.9. The van der Waals surface area contributed by atoms with Crippen LogP contribution in [0.5, 0.6) is 0 Å². The lowest BCUT2D eigenvalue weighted by Gasteiger charge is -2.30. The van der Waals surface area contributed by atoms with Crippen molar-refractivity contribution in [1.82, 2.24) is 0 Å². The number of halogens is 1. The number of piperazine rings is 1. The van der Waals surface area contributed by atoms with E-state index >= 15 is 0 Å². The first-order valence-electron chi connectivity index (χ1n) is 8.25. The van der Waals surface area contributed by atoms with Gasteiger partial charge in [-0.05, 0) is 6.07 Å². The fourth-order valence-electron chi connectivity index (χ4n) is 3.29. The highest BCUT2D eigenvalue weighted by Crippen LogP contribution is 2.14. The van der Waals surface area contributed by atoms with Crippen LogP contribution in [0.15, 0.2) is 53.0 Å². The Labute approximate surface area is 150 Å². The van der Waals surface area contributed by atoms with Crippen LogP contribution in [0, 0.1) is 10.1 Å². The quantitative estimate of drug-likeness (QED) is 0.586. The zero-order valence-electron chi connectivity index (χ0n) is 13.5. The van der Waals surface area contributed by atoms with E-state index < -0.39 is 0 Å². The molecule has 0 unspecified atom stereocenters. The van der Waals surface area contributed by atoms with E-state index in [2.05, 4.69) is 34.1 Å². The molecule has 2 N–H and O–H groups in total. The van der Waals surface area contributed by atoms with Gasteiger partial charge in [0, 0.05) is 27.7 Å². The molecule has 2 aromatic carbocycles. The highest BCUT2D eigenvalue weighted by Gasteiger charge is 2.24. The molecular formula is C18H22BrN3O2+2. The summed E-state index contributed by atoms with van der Waals surface area (Å²) >= 11 is 3.62. The topological polar surface area (TPSA) is 52.0 Å². The molecule has 0 radical (unpaired) electrons. The zero-order valence-corrected chi connectivity index (χ0v) is 15.1. The molecular weight excluding hydrogens is 370 g/mol. The second-order valence-electron chi connectivity index (χ2n) is 6.37. The molecule has 0 atom stereocenters. The van der Waals surface area contributed by atoms with Crippen LogP contribution in [-0.4, -0.2) is 31.1 Å². The summed E-state index contributed by atoms with van der Waals surface area (Å²) in [5.41, 5.74) is 2.59. The molecule has 126 valence electrons. The maximum atomic E-state index is 10.9. The second-order valence-corrected chi connectivity index (χ2v) is 7.23. The SMILES string of the molecule is O=[N+]([O-])c1cccc(C[NH+]2CC[NH+](Cc3ccccc3Br)CC2)c1. The van der Waals surface area contributed by atoms with Gasteiger partial charge >= 0.3 is 0 Å². The summed E-state index contributed by atoms with van der Waals surface area (Å²) in [6.45, 7) is 6.37. The van der Waals surface area contributed by atoms with E-state index in [0.29, 0.717) is 0 Å². The van der Waals surface area contributed by atoms with E-state index in [-0.39, 0.29) is 10.6 Å². The van der Waals surface area contributed by atoms with Gasteiger partial charge in [0.15, 0.2) is 0 Å². The van der Waals surface area contributed by atoms with Crippen LogP contribution in [0.1, 0.15) is 11.1 Å². The molecule has 1 heterocycles. The number of nitro groups is 1. The van der Waals surface area contributed by atoms with Crippen molar-refractivity contribution in [3.8, 4) is 0 Å². The molecule has 0 spiro atoms. The summed E-state index contributed by atoms with van der Waals surface area (Å²) in [6.07, 6.45) is 0. The first kappa shape index (κ1) is 17.1. The molecule has 0 aliphatic carbocycles. The molecule has 24 heavy (non-hydrogen) atoms. The largest absolute Gasteiger partial charge is 0.322 e. The minimum atomic E-state index is -0.321. The van der Waals surface area contributed by atoms with E-state index in [1.54, 1.807) is 23.1 Å². The summed E-state index contributed by atoms with van der Waals surface area (Å²) < 4.78 is 1.18. The Hall–Kier alpha value is -1.76. The van der Waals surface area contributed by atoms with Crippen LogP contribution in [0.25, 0.3) is 0 Å². The third kappa shape index (κ3) is 4.41. The second kappa shape index (κ2) is 7.88. The Kier molecular flexibility index (Phi) is 5.60. The van der Waals surface area contributed by atoms with Crippen molar-refractivity contribution in [2.75, 3.05) is 26.2 Å². The van der Waals surface area contributed by atoms with Crippen molar-refractivity contribution < 1.29 is 14.7 Å². The molecule has 1 aliphatic rings. The highest BCUT2D eigenvalue weighted by molar-refractivity contribution is 9.10. The zero-order chi connectivity index (χ0) is 16.9. The van der Waals surface area contributed by atoms with Gasteiger partial charge < -0.3 is 9.80 Å². The Morgan fingerprint density at radius 3 is 2.29 bits per heavy atom. The Morgan fingerprint density at radius 2 is 1.62 bits per heavy atom. The van der Waals surface area contributed by atoms with Crippen molar-refractivity contribution in [2.24, 2.45) is 0 Å². The number of hydrogen-bond donors (Lipinski definition) is 2. The van der Waals surface area contributed by atoms with Crippen molar-refractivity contribution in [3.05, 3.63) is 74.2 Å². The van der Waals surface area contributed by atoms with E-state index in [1.807, 2.05) is 12.1 Å². The fourth-order valence-corrected chi connectivity index (χ4v) is 3.72. The average Bonchev–Trinajstić information content (AvgIpc) is 2.59. The lowest BCUT2D eigenvalue weighted by atomic mass is 10.1. The molecule has 0 aromatic heterocycles. The lowest BCUT2D eigenvalue weighted by molar-refractivity contribution is -1.02. The molecule has 1 saturated heterocycles. The summed E-state index contributed by atoms with van der Waals surface area (Å²) in [7, 11) is 0. The van der Waals surface area contributed by atoms with Crippen LogP contribution in [0.4, 0.5) is 5.69 Å². The monoisotopic (exact) mass is 391 g/mol. The van der Waals surface area contributed by atoms with Gasteiger partial charge in [-0.15, -0.1) is 0 Å². The van der Waals surface area contributed by atoms with Crippen LogP contribution < -0.4 is 9.80 Å². The van der Waals surface area contributed by atoms with Gasteiger partial charge in [-0.2, -0.15) is 0 Å². The van der Waals surface area contributed by atoms with Gasteiger partial charge in [-0.25, -0.2) is 0 Å². The Balaban J connectivity index is 1.53. The van der Waals surface area contributed by atoms with Gasteiger partial charge in [-0.3, -0.25) is 10.1 Å². The van der Waals surface area contributed by atoms with Crippen molar-refractivity contribution in [1.29, 1.82) is 0 Å². The van der Waals surface area contributed by atoms with Crippen molar-refractivity contribution in [3.63, 3.8) is 0 Å². The first-order valence-corrected chi connectivity index (χ1v) is 9.05. The normalized spacial score (nSPS) is 20.7. The average molecular weight is 392 g/mol. The summed E-state index contributed by atoms with van der Waals surface area (Å²) in [6, 6.07) is 15.4. The minimum Gasteiger partial charge on any atom is -0.322 e. The molecule has 6 heteroatoms. The number of nitrogens with zero attached hydrogens (tertiary/aromatic N) is 1. The van der Waals surface area contributed by atoms with Crippen LogP contribution in [0.2, 0.25) is 0 Å². The third-order valence-electron chi connectivity index (χ3n) is 4.64. The maximum absolute atomic E-state index is 10.9. The lowest BCUT2D eigenvalue weighted by Crippen LogP contribution is -3.27. The van der Waals surface area contributed by atoms with Crippen LogP contribution >= 0.6 is 15.9 Å². The van der Waals surface area contributed by atoms with Crippen molar-refractivity contribution in [2.45, 2.75) is 13.1 Å². The van der Waals surface area contributed by atoms with Gasteiger partial charge in [0.2, 0.25) is 0 Å².